The van der Waals surface area contributed by atoms with Gasteiger partial charge in [0.15, 0.2) is 6.33 Å². The summed E-state index contributed by atoms with van der Waals surface area (Å²) in [6, 6.07) is 5.53. The summed E-state index contributed by atoms with van der Waals surface area (Å²) in [7, 11) is 0. The number of rotatable bonds is 5. The molecule has 0 saturated carbocycles. The predicted octanol–water partition coefficient (Wildman–Crippen LogP) is 2.05. The first-order chi connectivity index (χ1) is 10.7. The molecular weight excluding hydrogens is 304 g/mol. The van der Waals surface area contributed by atoms with E-state index >= 15 is 0 Å². The Kier molecular flexibility index (Phi) is 4.24. The summed E-state index contributed by atoms with van der Waals surface area (Å²) in [5.41, 5.74) is 1.79. The van der Waals surface area contributed by atoms with Crippen LogP contribution in [-0.2, 0) is 6.54 Å². The van der Waals surface area contributed by atoms with Gasteiger partial charge in [-0.05, 0) is 35.0 Å². The van der Waals surface area contributed by atoms with Gasteiger partial charge >= 0.3 is 0 Å². The van der Waals surface area contributed by atoms with E-state index in [0.717, 1.165) is 11.1 Å². The average molecular weight is 316 g/mol. The zero-order chi connectivity index (χ0) is 15.4. The number of hydrogen-bond acceptors (Lipinski definition) is 6. The molecular formula is C14H12ClN6O. The van der Waals surface area contributed by atoms with Crippen LogP contribution in [-0.4, -0.2) is 36.3 Å². The Balaban J connectivity index is 1.78. The Morgan fingerprint density at radius 1 is 1.27 bits per heavy atom. The second kappa shape index (κ2) is 6.48. The summed E-state index contributed by atoms with van der Waals surface area (Å²) in [5, 5.41) is 11.5. The normalized spacial score (nSPS) is 12.1. The van der Waals surface area contributed by atoms with Crippen LogP contribution in [0.5, 0.6) is 5.75 Å². The van der Waals surface area contributed by atoms with Crippen molar-refractivity contribution in [2.24, 2.45) is 0 Å². The van der Waals surface area contributed by atoms with E-state index < -0.39 is 0 Å². The topological polar surface area (TPSA) is 78.6 Å². The molecule has 0 unspecified atom stereocenters. The van der Waals surface area contributed by atoms with Gasteiger partial charge in [-0.2, -0.15) is 0 Å². The zero-order valence-electron chi connectivity index (χ0n) is 11.7. The maximum atomic E-state index is 6.20. The third kappa shape index (κ3) is 3.37. The minimum absolute atomic E-state index is 0.142. The molecule has 0 saturated heterocycles. The van der Waals surface area contributed by atoms with Crippen LogP contribution in [0.15, 0.2) is 36.9 Å². The monoisotopic (exact) mass is 315 g/mol. The maximum Gasteiger partial charge on any atom is 0.197 e. The van der Waals surface area contributed by atoms with Crippen molar-refractivity contribution in [1.29, 1.82) is 0 Å². The zero-order valence-corrected chi connectivity index (χ0v) is 12.5. The van der Waals surface area contributed by atoms with Crippen molar-refractivity contribution in [3.8, 4) is 16.9 Å². The van der Waals surface area contributed by atoms with Crippen molar-refractivity contribution in [1.82, 2.24) is 30.2 Å². The van der Waals surface area contributed by atoms with Crippen LogP contribution < -0.4 is 4.74 Å². The summed E-state index contributed by atoms with van der Waals surface area (Å²) in [6.45, 7) is 2.45. The number of benzene rings is 1. The SMILES string of the molecule is C[C@@H](Cn1cnnn1)Oc1cc(-c2cn[c]nc2)ccc1Cl. The van der Waals surface area contributed by atoms with E-state index in [4.69, 9.17) is 16.3 Å². The Labute approximate surface area is 131 Å². The molecule has 0 aliphatic heterocycles. The highest BCUT2D eigenvalue weighted by Gasteiger charge is 2.11. The summed E-state index contributed by atoms with van der Waals surface area (Å²) < 4.78 is 7.48. The van der Waals surface area contributed by atoms with E-state index in [1.54, 1.807) is 23.1 Å². The Morgan fingerprint density at radius 2 is 2.09 bits per heavy atom. The Bertz CT molecular complexity index is 734. The highest BCUT2D eigenvalue weighted by Crippen LogP contribution is 2.30. The van der Waals surface area contributed by atoms with Crippen molar-refractivity contribution < 1.29 is 4.74 Å². The Morgan fingerprint density at radius 3 is 2.82 bits per heavy atom. The molecule has 0 aliphatic carbocycles. The quantitative estimate of drug-likeness (QED) is 0.717. The summed E-state index contributed by atoms with van der Waals surface area (Å²) >= 11 is 6.20. The van der Waals surface area contributed by atoms with E-state index in [-0.39, 0.29) is 6.10 Å². The molecule has 0 fully saturated rings. The number of tetrazole rings is 1. The highest BCUT2D eigenvalue weighted by atomic mass is 35.5. The number of hydrogen-bond donors (Lipinski definition) is 0. The van der Waals surface area contributed by atoms with Crippen molar-refractivity contribution in [3.63, 3.8) is 0 Å². The molecule has 1 atom stereocenters. The second-order valence-electron chi connectivity index (χ2n) is 4.68. The summed E-state index contributed by atoms with van der Waals surface area (Å²) in [5.74, 6) is 0.590. The maximum absolute atomic E-state index is 6.20. The molecule has 0 aliphatic rings. The average Bonchev–Trinajstić information content (AvgIpc) is 3.03. The fraction of sp³-hybridized carbons (Fsp3) is 0.214. The lowest BCUT2D eigenvalue weighted by Crippen LogP contribution is -2.20. The molecule has 1 radical (unpaired) electrons. The predicted molar refractivity (Wildman–Crippen MR) is 79.2 cm³/mol. The summed E-state index contributed by atoms with van der Waals surface area (Å²) in [4.78, 5) is 7.78. The minimum atomic E-state index is -0.142. The van der Waals surface area contributed by atoms with E-state index in [2.05, 4.69) is 31.8 Å². The van der Waals surface area contributed by atoms with Gasteiger partial charge in [-0.15, -0.1) is 5.10 Å². The fourth-order valence-electron chi connectivity index (χ4n) is 1.97. The van der Waals surface area contributed by atoms with Gasteiger partial charge in [-0.1, -0.05) is 17.7 Å². The number of halogens is 1. The smallest absolute Gasteiger partial charge is 0.197 e. The van der Waals surface area contributed by atoms with E-state index in [9.17, 15) is 0 Å². The van der Waals surface area contributed by atoms with Crippen LogP contribution in [0.4, 0.5) is 0 Å². The minimum Gasteiger partial charge on any atom is -0.487 e. The molecule has 0 spiro atoms. The van der Waals surface area contributed by atoms with Crippen LogP contribution in [0.2, 0.25) is 5.02 Å². The number of nitrogens with zero attached hydrogens (tertiary/aromatic N) is 6. The largest absolute Gasteiger partial charge is 0.487 e. The summed E-state index contributed by atoms with van der Waals surface area (Å²) in [6.07, 6.45) is 7.27. The van der Waals surface area contributed by atoms with Gasteiger partial charge < -0.3 is 4.74 Å². The van der Waals surface area contributed by atoms with Crippen molar-refractivity contribution in [2.45, 2.75) is 19.6 Å². The van der Waals surface area contributed by atoms with Crippen LogP contribution in [0.1, 0.15) is 6.92 Å². The molecule has 1 aromatic carbocycles. The van der Waals surface area contributed by atoms with Gasteiger partial charge in [0.25, 0.3) is 0 Å². The second-order valence-corrected chi connectivity index (χ2v) is 5.08. The van der Waals surface area contributed by atoms with Gasteiger partial charge in [0, 0.05) is 18.0 Å². The molecule has 2 aromatic heterocycles. The molecule has 3 aromatic rings. The third-order valence-electron chi connectivity index (χ3n) is 2.95. The first-order valence-electron chi connectivity index (χ1n) is 6.58. The van der Waals surface area contributed by atoms with Crippen LogP contribution >= 0.6 is 11.6 Å². The molecule has 7 nitrogen and oxygen atoms in total. The standard InChI is InChI=1S/C14H12ClN6O/c1-10(7-21-9-18-19-20-21)22-14-4-11(2-3-13(14)15)12-5-16-8-17-6-12/h2-6,9-10H,7H2,1H3/t10-/m0/s1. The lowest BCUT2D eigenvalue weighted by Gasteiger charge is -2.16. The van der Waals surface area contributed by atoms with Crippen LogP contribution in [0.3, 0.4) is 0 Å². The van der Waals surface area contributed by atoms with Crippen molar-refractivity contribution in [3.05, 3.63) is 48.3 Å². The van der Waals surface area contributed by atoms with Gasteiger partial charge in [0.1, 0.15) is 18.2 Å². The molecule has 0 amide bonds. The van der Waals surface area contributed by atoms with E-state index in [1.807, 2.05) is 19.1 Å². The first-order valence-corrected chi connectivity index (χ1v) is 6.95. The molecule has 0 bridgehead atoms. The number of aromatic nitrogens is 6. The van der Waals surface area contributed by atoms with Gasteiger partial charge in [-0.25, -0.2) is 14.6 Å². The first kappa shape index (κ1) is 14.4. The van der Waals surface area contributed by atoms with Gasteiger partial charge in [-0.3, -0.25) is 0 Å². The molecule has 0 N–H and O–H groups in total. The molecule has 3 rings (SSSR count). The highest BCUT2D eigenvalue weighted by molar-refractivity contribution is 6.32. The number of ether oxygens (including phenoxy) is 1. The molecule has 111 valence electrons. The fourth-order valence-corrected chi connectivity index (χ4v) is 2.13. The Hall–Kier alpha value is -2.54. The third-order valence-corrected chi connectivity index (χ3v) is 3.26. The lowest BCUT2D eigenvalue weighted by atomic mass is 10.1. The van der Waals surface area contributed by atoms with Crippen LogP contribution in [0, 0.1) is 6.33 Å². The van der Waals surface area contributed by atoms with Crippen molar-refractivity contribution >= 4 is 11.6 Å². The van der Waals surface area contributed by atoms with E-state index in [1.165, 1.54) is 6.33 Å². The van der Waals surface area contributed by atoms with Gasteiger partial charge in [0.05, 0.1) is 11.6 Å². The molecule has 8 heteroatoms. The van der Waals surface area contributed by atoms with Crippen LogP contribution in [0.25, 0.3) is 11.1 Å². The van der Waals surface area contributed by atoms with E-state index in [0.29, 0.717) is 17.3 Å². The molecule has 2 heterocycles. The van der Waals surface area contributed by atoms with Gasteiger partial charge in [0.2, 0.25) is 0 Å². The lowest BCUT2D eigenvalue weighted by molar-refractivity contribution is 0.193. The molecule has 22 heavy (non-hydrogen) atoms. The van der Waals surface area contributed by atoms with Crippen molar-refractivity contribution in [2.75, 3.05) is 0 Å².